The van der Waals surface area contributed by atoms with E-state index in [1.165, 1.54) is 4.91 Å². The van der Waals surface area contributed by atoms with E-state index in [0.29, 0.717) is 0 Å². The van der Waals surface area contributed by atoms with Gasteiger partial charge < -0.3 is 9.47 Å². The molecule has 2 aliphatic rings. The Kier molecular flexibility index (Phi) is 9.49. The molecule has 0 atom stereocenters. The maximum Gasteiger partial charge on any atom is 0.257 e. The van der Waals surface area contributed by atoms with Gasteiger partial charge >= 0.3 is 0 Å². The molecule has 0 radical (unpaired) electrons. The van der Waals surface area contributed by atoms with Gasteiger partial charge in [-0.15, -0.1) is 23.2 Å². The Labute approximate surface area is 220 Å². The Balaban J connectivity index is 1.36. The average Bonchev–Trinajstić information content (AvgIpc) is 2.94. The van der Waals surface area contributed by atoms with E-state index < -0.39 is 0 Å². The summed E-state index contributed by atoms with van der Waals surface area (Å²) in [6, 6.07) is 15.8. The average molecular weight is 512 g/mol. The van der Waals surface area contributed by atoms with Crippen LogP contribution in [-0.4, -0.2) is 43.0 Å². The lowest BCUT2D eigenvalue weighted by Crippen LogP contribution is -2.04. The van der Waals surface area contributed by atoms with Gasteiger partial charge in [-0.2, -0.15) is 0 Å². The lowest BCUT2D eigenvalue weighted by Gasteiger charge is -2.07. The van der Waals surface area contributed by atoms with Crippen LogP contribution in [0.25, 0.3) is 0 Å². The molecule has 4 rings (SSSR count). The molecule has 0 spiro atoms. The van der Waals surface area contributed by atoms with Crippen LogP contribution in [0.15, 0.2) is 117 Å². The zero-order valence-corrected chi connectivity index (χ0v) is 21.9. The van der Waals surface area contributed by atoms with Crippen molar-refractivity contribution in [2.75, 3.05) is 25.7 Å². The second-order valence-electron chi connectivity index (χ2n) is 7.68. The van der Waals surface area contributed by atoms with E-state index in [1.807, 2.05) is 103 Å². The number of methoxy groups -OCH3 is 2. The third-order valence-electron chi connectivity index (χ3n) is 5.27. The van der Waals surface area contributed by atoms with Crippen LogP contribution in [0.5, 0.6) is 11.5 Å². The van der Waals surface area contributed by atoms with Gasteiger partial charge in [-0.05, 0) is 84.0 Å². The number of aliphatic imine (C=N–C) groups is 2. The topological polar surface area (TPSA) is 43.2 Å². The largest absolute Gasteiger partial charge is 0.497 e. The standard InChI is InChI=1S/C30H27N2O2S2/c1-33-25-15-11-23(12-16-25)21-31-27-7-3-5-9-29(27)35-19-20-36-30-10-6-4-8-28(30)32-22-24-13-17-26(34-2)18-14-24/h3-4,7,9-18,21-22H,8,19-20H2,1-2H3/q+1. The zero-order chi connectivity index (χ0) is 25.0. The predicted octanol–water partition coefficient (Wildman–Crippen LogP) is 6.17. The monoisotopic (exact) mass is 511 g/mol. The lowest BCUT2D eigenvalue weighted by molar-refractivity contribution is 0.414. The first-order chi connectivity index (χ1) is 17.7. The summed E-state index contributed by atoms with van der Waals surface area (Å²) >= 11 is 3.60. The quantitative estimate of drug-likeness (QED) is 0.126. The molecule has 180 valence electrons. The van der Waals surface area contributed by atoms with Crippen LogP contribution >= 0.6 is 11.8 Å². The predicted molar refractivity (Wildman–Crippen MR) is 156 cm³/mol. The van der Waals surface area contributed by atoms with Crippen LogP contribution in [0.2, 0.25) is 0 Å². The van der Waals surface area contributed by atoms with Crippen LogP contribution in [0.3, 0.4) is 0 Å². The van der Waals surface area contributed by atoms with E-state index in [-0.39, 0.29) is 0 Å². The highest BCUT2D eigenvalue weighted by molar-refractivity contribution is 8.03. The molecule has 2 aliphatic carbocycles. The smallest absolute Gasteiger partial charge is 0.257 e. The van der Waals surface area contributed by atoms with Crippen molar-refractivity contribution in [3.05, 3.63) is 118 Å². The van der Waals surface area contributed by atoms with Crippen molar-refractivity contribution in [3.63, 3.8) is 0 Å². The van der Waals surface area contributed by atoms with Crippen molar-refractivity contribution < 1.29 is 9.47 Å². The molecule has 6 heteroatoms. The third kappa shape index (κ3) is 7.42. The Morgan fingerprint density at radius 2 is 1.56 bits per heavy atom. The number of nitrogens with zero attached hydrogens (tertiary/aromatic N) is 2. The van der Waals surface area contributed by atoms with Gasteiger partial charge in [0.25, 0.3) is 4.86 Å². The normalized spacial score (nSPS) is 15.9. The molecule has 0 aliphatic heterocycles. The van der Waals surface area contributed by atoms with E-state index in [9.17, 15) is 0 Å². The highest BCUT2D eigenvalue weighted by atomic mass is 32.2. The first kappa shape index (κ1) is 25.4. The summed E-state index contributed by atoms with van der Waals surface area (Å²) in [4.78, 5) is 11.7. The van der Waals surface area contributed by atoms with E-state index in [1.54, 1.807) is 25.6 Å². The van der Waals surface area contributed by atoms with Gasteiger partial charge in [-0.1, -0.05) is 0 Å². The van der Waals surface area contributed by atoms with Gasteiger partial charge in [0.1, 0.15) is 17.2 Å². The molecule has 0 fully saturated rings. The molecule has 0 bridgehead atoms. The fourth-order valence-corrected chi connectivity index (χ4v) is 5.30. The van der Waals surface area contributed by atoms with Crippen molar-refractivity contribution in [2.24, 2.45) is 9.98 Å². The van der Waals surface area contributed by atoms with Gasteiger partial charge in [0.2, 0.25) is 0 Å². The zero-order valence-electron chi connectivity index (χ0n) is 20.3. The minimum atomic E-state index is 0.788. The fourth-order valence-electron chi connectivity index (χ4n) is 3.32. The summed E-state index contributed by atoms with van der Waals surface area (Å²) in [6.07, 6.45) is 14.5. The molecule has 0 aromatic heterocycles. The maximum atomic E-state index is 5.23. The van der Waals surface area contributed by atoms with Gasteiger partial charge in [0.05, 0.1) is 25.7 Å². The first-order valence-corrected chi connectivity index (χ1v) is 13.5. The van der Waals surface area contributed by atoms with Gasteiger partial charge in [0, 0.05) is 29.8 Å². The van der Waals surface area contributed by atoms with Gasteiger partial charge in [0.15, 0.2) is 17.1 Å². The highest BCUT2D eigenvalue weighted by Crippen LogP contribution is 2.27. The summed E-state index contributed by atoms with van der Waals surface area (Å²) in [5, 5.41) is 0. The fraction of sp³-hybridized carbons (Fsp3) is 0.167. The molecule has 4 nitrogen and oxygen atoms in total. The Hall–Kier alpha value is -3.66. The van der Waals surface area contributed by atoms with Crippen molar-refractivity contribution in [1.82, 2.24) is 0 Å². The minimum absolute atomic E-state index is 0.788. The third-order valence-corrected chi connectivity index (χ3v) is 7.65. The molecule has 0 unspecified atom stereocenters. The van der Waals surface area contributed by atoms with Gasteiger partial charge in [-0.25, -0.2) is 0 Å². The molecular formula is C30H27N2O2S2+. The first-order valence-electron chi connectivity index (χ1n) is 11.5. The van der Waals surface area contributed by atoms with Crippen LogP contribution in [0, 0.1) is 0 Å². The number of ether oxygens (including phenoxy) is 2. The maximum absolute atomic E-state index is 5.23. The summed E-state index contributed by atoms with van der Waals surface area (Å²) in [6.45, 7) is 0. The lowest BCUT2D eigenvalue weighted by atomic mass is 10.2. The molecule has 2 aromatic carbocycles. The van der Waals surface area contributed by atoms with Crippen LogP contribution in [0.4, 0.5) is 0 Å². The second kappa shape index (κ2) is 13.4. The number of benzene rings is 2. The summed E-state index contributed by atoms with van der Waals surface area (Å²) < 4.78 is 10.4. The van der Waals surface area contributed by atoms with Gasteiger partial charge in [-0.3, -0.25) is 9.98 Å². The molecule has 0 amide bonds. The molecule has 36 heavy (non-hydrogen) atoms. The van der Waals surface area contributed by atoms with E-state index in [2.05, 4.69) is 11.5 Å². The molecule has 0 heterocycles. The van der Waals surface area contributed by atoms with Crippen LogP contribution in [-0.2, 0) is 11.4 Å². The summed E-state index contributed by atoms with van der Waals surface area (Å²) in [7, 11) is 3.34. The van der Waals surface area contributed by atoms with Crippen LogP contribution < -0.4 is 9.47 Å². The summed E-state index contributed by atoms with van der Waals surface area (Å²) in [5.74, 6) is 3.58. The van der Waals surface area contributed by atoms with Crippen molar-refractivity contribution in [2.45, 2.75) is 6.42 Å². The van der Waals surface area contributed by atoms with Crippen molar-refractivity contribution >= 4 is 40.4 Å². The Bertz CT molecular complexity index is 1350. The SMILES string of the molecule is COc1ccc(C=NC2=CC=C=CC2=[S+]CCSC2=C(N=Cc3ccc(OC)cc3)CC=C=C2)cc1. The van der Waals surface area contributed by atoms with Crippen LogP contribution in [0.1, 0.15) is 17.5 Å². The molecular weight excluding hydrogens is 484 g/mol. The van der Waals surface area contributed by atoms with E-state index in [4.69, 9.17) is 19.5 Å². The molecule has 2 aromatic rings. The van der Waals surface area contributed by atoms with E-state index >= 15 is 0 Å². The van der Waals surface area contributed by atoms with Crippen molar-refractivity contribution in [1.29, 1.82) is 0 Å². The summed E-state index contributed by atoms with van der Waals surface area (Å²) in [5.41, 5.74) is 10.5. The molecule has 0 N–H and O–H groups in total. The number of allylic oxidation sites excluding steroid dienone is 4. The van der Waals surface area contributed by atoms with Crippen molar-refractivity contribution in [3.8, 4) is 11.5 Å². The number of hydrogen-bond acceptors (Lipinski definition) is 5. The Morgan fingerprint density at radius 1 is 0.889 bits per heavy atom. The molecule has 0 saturated carbocycles. The Morgan fingerprint density at radius 3 is 2.22 bits per heavy atom. The number of rotatable bonds is 10. The minimum Gasteiger partial charge on any atom is -0.497 e. The highest BCUT2D eigenvalue weighted by Gasteiger charge is 2.15. The van der Waals surface area contributed by atoms with E-state index in [0.717, 1.165) is 56.8 Å². The number of thioether (sulfide) groups is 1. The second-order valence-corrected chi connectivity index (χ2v) is 9.96. The number of hydrogen-bond donors (Lipinski definition) is 0. The molecule has 0 saturated heterocycles.